The summed E-state index contributed by atoms with van der Waals surface area (Å²) in [5.74, 6) is 0.0207. The van der Waals surface area contributed by atoms with Crippen LogP contribution in [-0.2, 0) is 24.3 Å². The number of hydrogen-bond donors (Lipinski definition) is 1. The fourth-order valence-electron chi connectivity index (χ4n) is 3.76. The van der Waals surface area contributed by atoms with Gasteiger partial charge in [-0.05, 0) is 53.8 Å². The van der Waals surface area contributed by atoms with Crippen molar-refractivity contribution >= 4 is 5.69 Å². The molecule has 3 aromatic rings. The number of aryl methyl sites for hydroxylation is 1. The Balaban J connectivity index is 1.41. The van der Waals surface area contributed by atoms with E-state index in [1.807, 2.05) is 44.2 Å². The van der Waals surface area contributed by atoms with Crippen molar-refractivity contribution in [2.75, 3.05) is 5.32 Å². The number of anilines is 1. The molecule has 0 amide bonds. The van der Waals surface area contributed by atoms with Gasteiger partial charge in [0.05, 0.1) is 6.61 Å². The fraction of sp³-hybridized carbons (Fsp3) is 0.333. The van der Waals surface area contributed by atoms with Gasteiger partial charge in [0.1, 0.15) is 11.6 Å². The molecule has 0 unspecified atom stereocenters. The highest BCUT2D eigenvalue weighted by Gasteiger charge is 2.27. The Morgan fingerprint density at radius 2 is 1.74 bits per heavy atom. The Morgan fingerprint density at radius 1 is 0.968 bits per heavy atom. The van der Waals surface area contributed by atoms with Crippen molar-refractivity contribution < 1.29 is 13.9 Å². The molecule has 0 atom stereocenters. The third kappa shape index (κ3) is 5.26. The molecule has 1 heterocycles. The van der Waals surface area contributed by atoms with Gasteiger partial charge in [0.15, 0.2) is 0 Å². The predicted octanol–water partition coefficient (Wildman–Crippen LogP) is 7.09. The van der Waals surface area contributed by atoms with Crippen molar-refractivity contribution in [1.82, 2.24) is 0 Å². The van der Waals surface area contributed by atoms with Crippen molar-refractivity contribution in [2.24, 2.45) is 0 Å². The zero-order chi connectivity index (χ0) is 21.8. The number of ether oxygens (including phenoxy) is 2. The quantitative estimate of drug-likeness (QED) is 0.443. The van der Waals surface area contributed by atoms with E-state index in [9.17, 15) is 4.39 Å². The third-order valence-electron chi connectivity index (χ3n) is 5.63. The van der Waals surface area contributed by atoms with E-state index in [0.29, 0.717) is 18.7 Å². The molecule has 1 N–H and O–H groups in total. The molecule has 0 saturated heterocycles. The summed E-state index contributed by atoms with van der Waals surface area (Å²) in [4.78, 5) is 0. The molecule has 0 radical (unpaired) electrons. The minimum atomic E-state index is -0.608. The largest absolute Gasteiger partial charge is 0.463 e. The lowest BCUT2D eigenvalue weighted by molar-refractivity contribution is -0.180. The molecule has 0 bridgehead atoms. The molecule has 162 valence electrons. The lowest BCUT2D eigenvalue weighted by Crippen LogP contribution is -2.35. The van der Waals surface area contributed by atoms with Crippen LogP contribution in [-0.4, -0.2) is 5.79 Å². The van der Waals surface area contributed by atoms with Gasteiger partial charge >= 0.3 is 0 Å². The zero-order valence-corrected chi connectivity index (χ0v) is 18.5. The van der Waals surface area contributed by atoms with Gasteiger partial charge in [-0.2, -0.15) is 0 Å². The monoisotopic (exact) mass is 419 g/mol. The van der Waals surface area contributed by atoms with Crippen molar-refractivity contribution in [3.8, 4) is 16.9 Å². The molecule has 4 heteroatoms. The molecule has 3 nitrogen and oxygen atoms in total. The number of benzene rings is 3. The molecule has 4 rings (SSSR count). The van der Waals surface area contributed by atoms with Crippen LogP contribution in [0.25, 0.3) is 11.1 Å². The second-order valence-electron chi connectivity index (χ2n) is 8.57. The van der Waals surface area contributed by atoms with Crippen molar-refractivity contribution in [2.45, 2.75) is 59.0 Å². The Bertz CT molecular complexity index is 1040. The maximum atomic E-state index is 14.8. The number of unbranched alkanes of at least 4 members (excludes halogenated alkanes) is 1. The fourth-order valence-corrected chi connectivity index (χ4v) is 3.76. The van der Waals surface area contributed by atoms with E-state index in [4.69, 9.17) is 9.47 Å². The van der Waals surface area contributed by atoms with Gasteiger partial charge in [-0.25, -0.2) is 4.39 Å². The van der Waals surface area contributed by atoms with Crippen LogP contribution in [0.5, 0.6) is 5.75 Å². The molecule has 0 fully saturated rings. The summed E-state index contributed by atoms with van der Waals surface area (Å²) in [5, 5.41) is 3.31. The molecule has 0 aliphatic carbocycles. The maximum Gasteiger partial charge on any atom is 0.205 e. The topological polar surface area (TPSA) is 30.5 Å². The predicted molar refractivity (Wildman–Crippen MR) is 124 cm³/mol. The van der Waals surface area contributed by atoms with Crippen LogP contribution < -0.4 is 10.1 Å². The van der Waals surface area contributed by atoms with Crippen molar-refractivity contribution in [1.29, 1.82) is 0 Å². The number of halogens is 1. The molecule has 0 saturated carbocycles. The molecule has 1 aliphatic rings. The van der Waals surface area contributed by atoms with Crippen LogP contribution >= 0.6 is 0 Å². The van der Waals surface area contributed by atoms with E-state index >= 15 is 0 Å². The third-order valence-corrected chi connectivity index (χ3v) is 5.63. The zero-order valence-electron chi connectivity index (χ0n) is 18.5. The maximum absolute atomic E-state index is 14.8. The van der Waals surface area contributed by atoms with Gasteiger partial charge in [0, 0.05) is 37.2 Å². The van der Waals surface area contributed by atoms with Crippen LogP contribution in [0.1, 0.15) is 50.3 Å². The molecule has 1 aliphatic heterocycles. The molecular weight excluding hydrogens is 389 g/mol. The van der Waals surface area contributed by atoms with Crippen molar-refractivity contribution in [3.63, 3.8) is 0 Å². The number of rotatable bonds is 7. The summed E-state index contributed by atoms with van der Waals surface area (Å²) in [6.07, 6.45) is 3.47. The van der Waals surface area contributed by atoms with Crippen LogP contribution in [0, 0.1) is 5.82 Å². The Kier molecular flexibility index (Phi) is 6.28. The average Bonchev–Trinajstić information content (AvgIpc) is 2.76. The van der Waals surface area contributed by atoms with Gasteiger partial charge in [0.25, 0.3) is 0 Å². The minimum Gasteiger partial charge on any atom is -0.463 e. The highest BCUT2D eigenvalue weighted by atomic mass is 19.1. The van der Waals surface area contributed by atoms with E-state index in [-0.39, 0.29) is 5.82 Å². The second kappa shape index (κ2) is 9.11. The van der Waals surface area contributed by atoms with Crippen LogP contribution in [0.4, 0.5) is 10.1 Å². The van der Waals surface area contributed by atoms with E-state index < -0.39 is 5.79 Å². The molecular formula is C27H30FNO2. The first-order chi connectivity index (χ1) is 14.9. The Hall–Kier alpha value is -2.85. The van der Waals surface area contributed by atoms with Crippen LogP contribution in [0.2, 0.25) is 0 Å². The summed E-state index contributed by atoms with van der Waals surface area (Å²) < 4.78 is 26.3. The first kappa shape index (κ1) is 21.4. The van der Waals surface area contributed by atoms with Crippen LogP contribution in [0.15, 0.2) is 60.7 Å². The first-order valence-electron chi connectivity index (χ1n) is 11.0. The van der Waals surface area contributed by atoms with Crippen molar-refractivity contribution in [3.05, 3.63) is 83.2 Å². The Morgan fingerprint density at radius 3 is 2.48 bits per heavy atom. The van der Waals surface area contributed by atoms with E-state index in [1.54, 1.807) is 6.07 Å². The molecule has 31 heavy (non-hydrogen) atoms. The SMILES string of the molecule is CCCCc1ccc(-c2ccc(CNc3ccc4c(c3)COC(C)(C)O4)c(F)c2)cc1. The summed E-state index contributed by atoms with van der Waals surface area (Å²) in [6.45, 7) is 6.90. The highest BCUT2D eigenvalue weighted by molar-refractivity contribution is 5.64. The first-order valence-corrected chi connectivity index (χ1v) is 11.0. The highest BCUT2D eigenvalue weighted by Crippen LogP contribution is 2.33. The lowest BCUT2D eigenvalue weighted by atomic mass is 10.0. The standard InChI is InChI=1S/C27H30FNO2/c1-4-5-6-19-7-9-20(10-8-19)21-11-12-22(25(28)16-21)17-29-24-13-14-26-23(15-24)18-30-27(2,3)31-26/h7-16,29H,4-6,17-18H2,1-3H3. The van der Waals surface area contributed by atoms with Gasteiger partial charge in [0.2, 0.25) is 5.79 Å². The lowest BCUT2D eigenvalue weighted by Gasteiger charge is -2.32. The molecule has 0 spiro atoms. The summed E-state index contributed by atoms with van der Waals surface area (Å²) in [7, 11) is 0. The van der Waals surface area contributed by atoms with E-state index in [2.05, 4.69) is 36.5 Å². The van der Waals surface area contributed by atoms with E-state index in [0.717, 1.165) is 34.5 Å². The molecule has 3 aromatic carbocycles. The second-order valence-corrected chi connectivity index (χ2v) is 8.57. The smallest absolute Gasteiger partial charge is 0.205 e. The minimum absolute atomic E-state index is 0.202. The normalized spacial score (nSPS) is 14.6. The number of hydrogen-bond acceptors (Lipinski definition) is 3. The number of nitrogens with one attached hydrogen (secondary N) is 1. The summed E-state index contributed by atoms with van der Waals surface area (Å²) in [5.41, 5.74) is 5.80. The van der Waals surface area contributed by atoms with Gasteiger partial charge < -0.3 is 14.8 Å². The number of fused-ring (bicyclic) bond motifs is 1. The van der Waals surface area contributed by atoms with Gasteiger partial charge in [-0.15, -0.1) is 0 Å². The van der Waals surface area contributed by atoms with Gasteiger partial charge in [-0.3, -0.25) is 0 Å². The Labute approximate surface area is 184 Å². The molecule has 0 aromatic heterocycles. The summed E-state index contributed by atoms with van der Waals surface area (Å²) in [6, 6.07) is 19.8. The van der Waals surface area contributed by atoms with E-state index in [1.165, 1.54) is 18.4 Å². The average molecular weight is 420 g/mol. The summed E-state index contributed by atoms with van der Waals surface area (Å²) >= 11 is 0. The van der Waals surface area contributed by atoms with Crippen LogP contribution in [0.3, 0.4) is 0 Å². The van der Waals surface area contributed by atoms with Gasteiger partial charge in [-0.1, -0.05) is 49.7 Å².